The Morgan fingerprint density at radius 3 is 2.72 bits per heavy atom. The van der Waals surface area contributed by atoms with Crippen LogP contribution in [0, 0.1) is 6.92 Å². The normalized spacial score (nSPS) is 19.6. The lowest BCUT2D eigenvalue weighted by Gasteiger charge is -2.37. The van der Waals surface area contributed by atoms with Crippen molar-refractivity contribution in [2.45, 2.75) is 32.2 Å². The van der Waals surface area contributed by atoms with Gasteiger partial charge in [-0.25, -0.2) is 15.0 Å². The largest absolute Gasteiger partial charge is 0.417 e. The third kappa shape index (κ3) is 3.68. The Hall–Kier alpha value is -3.47. The van der Waals surface area contributed by atoms with E-state index in [0.29, 0.717) is 36.1 Å². The summed E-state index contributed by atoms with van der Waals surface area (Å²) in [5, 5.41) is 7.01. The van der Waals surface area contributed by atoms with E-state index in [1.807, 2.05) is 13.8 Å². The molecule has 0 unspecified atom stereocenters. The van der Waals surface area contributed by atoms with Crippen LogP contribution in [0.2, 0.25) is 0 Å². The number of morpholine rings is 1. The zero-order valence-electron chi connectivity index (χ0n) is 17.3. The summed E-state index contributed by atoms with van der Waals surface area (Å²) in [5.74, 6) is 0.961. The van der Waals surface area contributed by atoms with Gasteiger partial charge in [0.2, 0.25) is 0 Å². The zero-order valence-corrected chi connectivity index (χ0v) is 17.3. The lowest BCUT2D eigenvalue weighted by molar-refractivity contribution is -0.137. The molecule has 5 rings (SSSR count). The first kappa shape index (κ1) is 20.4. The van der Waals surface area contributed by atoms with Gasteiger partial charge in [-0.15, -0.1) is 0 Å². The molecule has 0 amide bonds. The van der Waals surface area contributed by atoms with Gasteiger partial charge in [0.05, 0.1) is 30.6 Å². The van der Waals surface area contributed by atoms with Crippen molar-refractivity contribution < 1.29 is 17.9 Å². The second-order valence-corrected chi connectivity index (χ2v) is 7.82. The number of anilines is 1. The molecule has 4 aromatic heterocycles. The van der Waals surface area contributed by atoms with E-state index in [2.05, 4.69) is 30.0 Å². The molecule has 1 N–H and O–H groups in total. The molecule has 0 radical (unpaired) electrons. The number of aromatic amines is 1. The summed E-state index contributed by atoms with van der Waals surface area (Å²) in [6.07, 6.45) is 1.17. The van der Waals surface area contributed by atoms with Crippen LogP contribution in [0.15, 0.2) is 43.0 Å². The van der Waals surface area contributed by atoms with E-state index >= 15 is 0 Å². The van der Waals surface area contributed by atoms with Crippen molar-refractivity contribution in [2.24, 2.45) is 0 Å². The summed E-state index contributed by atoms with van der Waals surface area (Å²) in [4.78, 5) is 15.2. The van der Waals surface area contributed by atoms with Crippen molar-refractivity contribution in [1.82, 2.24) is 29.5 Å². The lowest BCUT2D eigenvalue weighted by Crippen LogP contribution is -2.43. The number of ether oxygens (including phenoxy) is 1. The van der Waals surface area contributed by atoms with E-state index < -0.39 is 11.7 Å². The predicted octanol–water partition coefficient (Wildman–Crippen LogP) is 3.81. The van der Waals surface area contributed by atoms with Crippen LogP contribution in [0.1, 0.15) is 29.8 Å². The van der Waals surface area contributed by atoms with Gasteiger partial charge in [-0.05, 0) is 32.0 Å². The molecule has 0 spiro atoms. The summed E-state index contributed by atoms with van der Waals surface area (Å²) < 4.78 is 47.0. The molecule has 1 saturated heterocycles. The highest BCUT2D eigenvalue weighted by atomic mass is 19.4. The highest BCUT2D eigenvalue weighted by molar-refractivity contribution is 5.59. The Balaban J connectivity index is 1.49. The van der Waals surface area contributed by atoms with E-state index in [4.69, 9.17) is 4.74 Å². The molecular formula is C21H20F3N7O. The van der Waals surface area contributed by atoms with Gasteiger partial charge in [-0.3, -0.25) is 9.50 Å². The fourth-order valence-corrected chi connectivity index (χ4v) is 3.96. The summed E-state index contributed by atoms with van der Waals surface area (Å²) in [5.41, 5.74) is 1.94. The molecule has 1 fully saturated rings. The molecule has 166 valence electrons. The standard InChI is InChI=1S/C21H20F3N7O/c1-12-9-30(11-17(32-12)15-7-27-29-13(15)2)19-5-6-25-20(28-19)16-8-26-18-4-3-14(10-31(16)18)21(22,23)24/h3-8,10,12,17H,9,11H2,1-2H3,(H,27,29)/t12-,17-/m0/s1. The van der Waals surface area contributed by atoms with Gasteiger partial charge in [0, 0.05) is 30.2 Å². The van der Waals surface area contributed by atoms with Crippen LogP contribution < -0.4 is 4.90 Å². The minimum Gasteiger partial charge on any atom is -0.367 e. The number of rotatable bonds is 3. The maximum absolute atomic E-state index is 13.2. The first-order chi connectivity index (χ1) is 15.3. The van der Waals surface area contributed by atoms with Crippen molar-refractivity contribution in [3.8, 4) is 11.5 Å². The molecule has 0 aliphatic carbocycles. The van der Waals surface area contributed by atoms with Crippen molar-refractivity contribution >= 4 is 11.5 Å². The Morgan fingerprint density at radius 2 is 1.97 bits per heavy atom. The monoisotopic (exact) mass is 443 g/mol. The van der Waals surface area contributed by atoms with Gasteiger partial charge in [0.1, 0.15) is 23.3 Å². The molecule has 1 aliphatic rings. The zero-order chi connectivity index (χ0) is 22.5. The minimum atomic E-state index is -4.46. The van der Waals surface area contributed by atoms with Crippen molar-refractivity contribution in [3.05, 3.63) is 59.8 Å². The highest BCUT2D eigenvalue weighted by Gasteiger charge is 2.32. The first-order valence-electron chi connectivity index (χ1n) is 10.1. The number of aryl methyl sites for hydroxylation is 1. The van der Waals surface area contributed by atoms with Crippen molar-refractivity contribution in [2.75, 3.05) is 18.0 Å². The Morgan fingerprint density at radius 1 is 1.12 bits per heavy atom. The number of nitrogens with one attached hydrogen (secondary N) is 1. The highest BCUT2D eigenvalue weighted by Crippen LogP contribution is 2.32. The predicted molar refractivity (Wildman–Crippen MR) is 110 cm³/mol. The summed E-state index contributed by atoms with van der Waals surface area (Å²) >= 11 is 0. The van der Waals surface area contributed by atoms with E-state index in [0.717, 1.165) is 23.5 Å². The number of alkyl halides is 3. The summed E-state index contributed by atoms with van der Waals surface area (Å²) in [6, 6.07) is 4.12. The van der Waals surface area contributed by atoms with Gasteiger partial charge >= 0.3 is 6.18 Å². The summed E-state index contributed by atoms with van der Waals surface area (Å²) in [7, 11) is 0. The van der Waals surface area contributed by atoms with E-state index in [9.17, 15) is 13.2 Å². The van der Waals surface area contributed by atoms with E-state index in [-0.39, 0.29) is 12.2 Å². The molecule has 1 aliphatic heterocycles. The number of aromatic nitrogens is 6. The fraction of sp³-hybridized carbons (Fsp3) is 0.333. The number of halogens is 3. The molecular weight excluding hydrogens is 423 g/mol. The van der Waals surface area contributed by atoms with Gasteiger partial charge in [-0.1, -0.05) is 0 Å². The average molecular weight is 443 g/mol. The van der Waals surface area contributed by atoms with Crippen LogP contribution >= 0.6 is 0 Å². The first-order valence-corrected chi connectivity index (χ1v) is 10.1. The molecule has 8 nitrogen and oxygen atoms in total. The number of fused-ring (bicyclic) bond motifs is 1. The van der Waals surface area contributed by atoms with Gasteiger partial charge in [0.25, 0.3) is 0 Å². The molecule has 11 heteroatoms. The van der Waals surface area contributed by atoms with Gasteiger partial charge in [0.15, 0.2) is 5.82 Å². The second kappa shape index (κ2) is 7.59. The van der Waals surface area contributed by atoms with Crippen molar-refractivity contribution in [1.29, 1.82) is 0 Å². The van der Waals surface area contributed by atoms with Crippen LogP contribution in [-0.4, -0.2) is 48.7 Å². The number of hydrogen-bond donors (Lipinski definition) is 1. The fourth-order valence-electron chi connectivity index (χ4n) is 3.96. The minimum absolute atomic E-state index is 0.0494. The number of imidazole rings is 1. The number of nitrogens with zero attached hydrogens (tertiary/aromatic N) is 6. The Kier molecular flexibility index (Phi) is 4.85. The Bertz CT molecular complexity index is 1270. The van der Waals surface area contributed by atoms with Crippen LogP contribution in [0.3, 0.4) is 0 Å². The third-order valence-electron chi connectivity index (χ3n) is 5.50. The SMILES string of the molecule is Cc1[nH]ncc1[C@@H]1CN(c2ccnc(-c3cnc4ccc(C(F)(F)F)cn34)n2)C[C@H](C)O1. The number of pyridine rings is 1. The molecule has 0 bridgehead atoms. The maximum Gasteiger partial charge on any atom is 0.417 e. The molecule has 2 atom stereocenters. The van der Waals surface area contributed by atoms with Crippen molar-refractivity contribution in [3.63, 3.8) is 0 Å². The maximum atomic E-state index is 13.2. The average Bonchev–Trinajstić information content (AvgIpc) is 3.38. The second-order valence-electron chi connectivity index (χ2n) is 7.82. The van der Waals surface area contributed by atoms with Gasteiger partial charge < -0.3 is 9.64 Å². The van der Waals surface area contributed by atoms with E-state index in [1.54, 1.807) is 18.5 Å². The molecule has 0 aromatic carbocycles. The quantitative estimate of drug-likeness (QED) is 0.519. The van der Waals surface area contributed by atoms with Gasteiger partial charge in [-0.2, -0.15) is 18.3 Å². The molecule has 32 heavy (non-hydrogen) atoms. The smallest absolute Gasteiger partial charge is 0.367 e. The lowest BCUT2D eigenvalue weighted by atomic mass is 10.1. The van der Waals surface area contributed by atoms with Crippen LogP contribution in [0.25, 0.3) is 17.2 Å². The van der Waals surface area contributed by atoms with E-state index in [1.165, 1.54) is 16.7 Å². The molecule has 4 aromatic rings. The molecule has 5 heterocycles. The third-order valence-corrected chi connectivity index (χ3v) is 5.50. The van der Waals surface area contributed by atoms with Crippen LogP contribution in [0.4, 0.5) is 19.0 Å². The van der Waals surface area contributed by atoms with Crippen LogP contribution in [-0.2, 0) is 10.9 Å². The topological polar surface area (TPSA) is 84.2 Å². The molecule has 0 saturated carbocycles. The van der Waals surface area contributed by atoms with Crippen LogP contribution in [0.5, 0.6) is 0 Å². The summed E-state index contributed by atoms with van der Waals surface area (Å²) in [6.45, 7) is 5.11. The Labute approximate surface area is 181 Å². The number of hydrogen-bond acceptors (Lipinski definition) is 6. The number of H-pyrrole nitrogens is 1.